The number of carbonyl (C=O) groups is 2. The summed E-state index contributed by atoms with van der Waals surface area (Å²) in [6.45, 7) is 8.71. The van der Waals surface area contributed by atoms with E-state index in [0.29, 0.717) is 37.5 Å². The number of rotatable bonds is 18. The van der Waals surface area contributed by atoms with Gasteiger partial charge < -0.3 is 10.2 Å². The van der Waals surface area contributed by atoms with Gasteiger partial charge in [-0.1, -0.05) is 118 Å². The van der Waals surface area contributed by atoms with E-state index in [1.54, 1.807) is 0 Å². The van der Waals surface area contributed by atoms with Gasteiger partial charge in [-0.15, -0.1) is 0 Å². The first-order valence-electron chi connectivity index (χ1n) is 13.8. The van der Waals surface area contributed by atoms with Crippen molar-refractivity contribution in [3.05, 3.63) is 0 Å². The Balaban J connectivity index is 3.32. The van der Waals surface area contributed by atoms with Crippen LogP contribution in [0.5, 0.6) is 0 Å². The minimum absolute atomic E-state index is 0.309. The molecule has 0 amide bonds. The van der Waals surface area contributed by atoms with Crippen LogP contribution in [0.4, 0.5) is 0 Å². The summed E-state index contributed by atoms with van der Waals surface area (Å²) in [5, 5.41) is 21.3. The van der Waals surface area contributed by atoms with E-state index in [1.807, 2.05) is 0 Å². The number of aliphatic carboxylic acids is 2. The van der Waals surface area contributed by atoms with Gasteiger partial charge in [0.05, 0.1) is 10.8 Å². The van der Waals surface area contributed by atoms with Crippen molar-refractivity contribution in [1.29, 1.82) is 0 Å². The molecule has 1 rings (SSSR count). The largest absolute Gasteiger partial charge is 0.481 e. The lowest BCUT2D eigenvalue weighted by atomic mass is 9.50. The molecule has 0 radical (unpaired) electrons. The molecule has 1 aliphatic rings. The molecule has 32 heavy (non-hydrogen) atoms. The summed E-state index contributed by atoms with van der Waals surface area (Å²) >= 11 is 0. The van der Waals surface area contributed by atoms with Gasteiger partial charge in [0, 0.05) is 0 Å². The van der Waals surface area contributed by atoms with Crippen molar-refractivity contribution < 1.29 is 19.8 Å². The highest BCUT2D eigenvalue weighted by molar-refractivity contribution is 5.87. The minimum Gasteiger partial charge on any atom is -0.481 e. The number of hydrogen-bond acceptors (Lipinski definition) is 2. The average molecular weight is 453 g/mol. The van der Waals surface area contributed by atoms with Crippen LogP contribution in [0, 0.1) is 22.7 Å². The zero-order chi connectivity index (χ0) is 24.0. The molecule has 1 saturated carbocycles. The monoisotopic (exact) mass is 452 g/mol. The maximum absolute atomic E-state index is 13.0. The number of unbranched alkanes of at least 4 members (excludes halogenated alkanes) is 4. The van der Waals surface area contributed by atoms with E-state index in [4.69, 9.17) is 0 Å². The van der Waals surface area contributed by atoms with Gasteiger partial charge in [-0.05, 0) is 37.5 Å². The summed E-state index contributed by atoms with van der Waals surface area (Å²) < 4.78 is 0. The number of carboxylic acids is 2. The average Bonchev–Trinajstić information content (AvgIpc) is 2.75. The van der Waals surface area contributed by atoms with Crippen LogP contribution in [-0.4, -0.2) is 22.2 Å². The second-order valence-corrected chi connectivity index (χ2v) is 10.7. The van der Waals surface area contributed by atoms with Crippen LogP contribution in [0.3, 0.4) is 0 Å². The van der Waals surface area contributed by atoms with E-state index in [9.17, 15) is 19.8 Å². The molecular weight excluding hydrogens is 400 g/mol. The van der Waals surface area contributed by atoms with E-state index in [-0.39, 0.29) is 0 Å². The summed E-state index contributed by atoms with van der Waals surface area (Å²) in [4.78, 5) is 26.0. The van der Waals surface area contributed by atoms with Gasteiger partial charge in [0.25, 0.3) is 0 Å². The molecule has 4 atom stereocenters. The summed E-state index contributed by atoms with van der Waals surface area (Å²) in [6, 6.07) is 0. The fourth-order valence-electron chi connectivity index (χ4n) is 6.59. The van der Waals surface area contributed by atoms with Crippen LogP contribution in [0.25, 0.3) is 0 Å². The van der Waals surface area contributed by atoms with E-state index in [1.165, 1.54) is 12.8 Å². The fraction of sp³-hybridized carbons (Fsp3) is 0.929. The summed E-state index contributed by atoms with van der Waals surface area (Å²) in [5.41, 5.74) is -2.25. The lowest BCUT2D eigenvalue weighted by Crippen LogP contribution is -2.56. The zero-order valence-electron chi connectivity index (χ0n) is 21.6. The third-order valence-electron chi connectivity index (χ3n) is 8.29. The minimum atomic E-state index is -1.13. The molecule has 2 N–H and O–H groups in total. The lowest BCUT2D eigenvalue weighted by molar-refractivity contribution is -0.185. The molecule has 0 aromatic heterocycles. The second kappa shape index (κ2) is 15.0. The molecule has 0 bridgehead atoms. The van der Waals surface area contributed by atoms with Crippen LogP contribution in [0.2, 0.25) is 0 Å². The maximum atomic E-state index is 13.0. The third-order valence-corrected chi connectivity index (χ3v) is 8.29. The first kappa shape index (κ1) is 29.0. The van der Waals surface area contributed by atoms with Crippen molar-refractivity contribution in [1.82, 2.24) is 0 Å². The Morgan fingerprint density at radius 1 is 0.625 bits per heavy atom. The van der Waals surface area contributed by atoms with E-state index >= 15 is 0 Å². The SMILES string of the molecule is CCCCCC(CCC)CC1(C(=O)O)CCCCC1(CC(CCC)CCCCC)C(=O)O. The van der Waals surface area contributed by atoms with Crippen molar-refractivity contribution in [2.45, 2.75) is 143 Å². The molecule has 0 saturated heterocycles. The molecule has 4 unspecified atom stereocenters. The Bertz CT molecular complexity index is 498. The molecule has 1 fully saturated rings. The van der Waals surface area contributed by atoms with Gasteiger partial charge in [-0.3, -0.25) is 9.59 Å². The molecule has 188 valence electrons. The van der Waals surface area contributed by atoms with Gasteiger partial charge in [-0.25, -0.2) is 0 Å². The Labute approximate surface area is 197 Å². The van der Waals surface area contributed by atoms with Gasteiger partial charge >= 0.3 is 11.9 Å². The molecule has 4 nitrogen and oxygen atoms in total. The smallest absolute Gasteiger partial charge is 0.310 e. The Morgan fingerprint density at radius 3 is 1.28 bits per heavy atom. The fourth-order valence-corrected chi connectivity index (χ4v) is 6.59. The highest BCUT2D eigenvalue weighted by Crippen LogP contribution is 2.59. The van der Waals surface area contributed by atoms with Crippen molar-refractivity contribution in [3.8, 4) is 0 Å². The molecule has 0 aliphatic heterocycles. The number of carboxylic acid groups (broad SMARTS) is 2. The molecule has 0 aromatic rings. The molecule has 4 heteroatoms. The predicted molar refractivity (Wildman–Crippen MR) is 133 cm³/mol. The Morgan fingerprint density at radius 2 is 1.00 bits per heavy atom. The molecule has 0 heterocycles. The van der Waals surface area contributed by atoms with Crippen LogP contribution in [0.15, 0.2) is 0 Å². The third kappa shape index (κ3) is 7.48. The lowest BCUT2D eigenvalue weighted by Gasteiger charge is -2.51. The summed E-state index contributed by atoms with van der Waals surface area (Å²) in [7, 11) is 0. The van der Waals surface area contributed by atoms with Crippen molar-refractivity contribution in [3.63, 3.8) is 0 Å². The molecular formula is C28H52O4. The van der Waals surface area contributed by atoms with Crippen molar-refractivity contribution in [2.24, 2.45) is 22.7 Å². The second-order valence-electron chi connectivity index (χ2n) is 10.7. The predicted octanol–water partition coefficient (Wildman–Crippen LogP) is 8.48. The highest BCUT2D eigenvalue weighted by Gasteiger charge is 2.62. The van der Waals surface area contributed by atoms with Gasteiger partial charge in [-0.2, -0.15) is 0 Å². The summed E-state index contributed by atoms with van der Waals surface area (Å²) in [5.74, 6) is -1.08. The topological polar surface area (TPSA) is 74.6 Å². The van der Waals surface area contributed by atoms with Crippen LogP contribution in [0.1, 0.15) is 143 Å². The quantitative estimate of drug-likeness (QED) is 0.204. The van der Waals surface area contributed by atoms with Crippen molar-refractivity contribution >= 4 is 11.9 Å². The molecule has 1 aliphatic carbocycles. The first-order chi connectivity index (χ1) is 15.3. The van der Waals surface area contributed by atoms with E-state index in [0.717, 1.165) is 77.0 Å². The maximum Gasteiger partial charge on any atom is 0.310 e. The molecule has 0 aromatic carbocycles. The molecule has 0 spiro atoms. The van der Waals surface area contributed by atoms with Crippen LogP contribution in [-0.2, 0) is 9.59 Å². The van der Waals surface area contributed by atoms with Crippen molar-refractivity contribution in [2.75, 3.05) is 0 Å². The van der Waals surface area contributed by atoms with E-state index < -0.39 is 22.8 Å². The van der Waals surface area contributed by atoms with Gasteiger partial charge in [0.1, 0.15) is 0 Å². The zero-order valence-corrected chi connectivity index (χ0v) is 21.6. The van der Waals surface area contributed by atoms with Crippen LogP contribution < -0.4 is 0 Å². The highest BCUT2D eigenvalue weighted by atomic mass is 16.4. The van der Waals surface area contributed by atoms with Crippen LogP contribution >= 0.6 is 0 Å². The normalized spacial score (nSPS) is 25.4. The van der Waals surface area contributed by atoms with Gasteiger partial charge in [0.15, 0.2) is 0 Å². The summed E-state index contributed by atoms with van der Waals surface area (Å²) in [6.07, 6.45) is 16.8. The van der Waals surface area contributed by atoms with Gasteiger partial charge in [0.2, 0.25) is 0 Å². The number of hydrogen-bond donors (Lipinski definition) is 2. The Kier molecular flexibility index (Phi) is 13.5. The first-order valence-corrected chi connectivity index (χ1v) is 13.8. The van der Waals surface area contributed by atoms with E-state index in [2.05, 4.69) is 27.7 Å². The standard InChI is InChI=1S/C28H52O4/c1-5-9-11-17-23(15-7-3)21-27(25(29)30)19-13-14-20-28(27,26(31)32)22-24(16-8-4)18-12-10-6-2/h23-24H,5-22H2,1-4H3,(H,29,30)(H,31,32). The Hall–Kier alpha value is -1.06.